The van der Waals surface area contributed by atoms with Gasteiger partial charge in [0.25, 0.3) is 0 Å². The Morgan fingerprint density at radius 2 is 1.95 bits per heavy atom. The summed E-state index contributed by atoms with van der Waals surface area (Å²) >= 11 is 5.75. The number of aliphatic hydroxyl groups is 1. The minimum Gasteiger partial charge on any atom is -0.450 e. The van der Waals surface area contributed by atoms with Gasteiger partial charge in [0, 0.05) is 16.7 Å². The standard InChI is InChI=1S/C14H12ClNO4/c1-9(17)11-4-2-3-5-13(11)20-14-7-6-10(15)8-12(14)16(18)19/h2-9,17H,1H3/t9-/m1/s1. The van der Waals surface area contributed by atoms with Crippen molar-refractivity contribution in [3.05, 3.63) is 63.2 Å². The van der Waals surface area contributed by atoms with Crippen molar-refractivity contribution >= 4 is 17.3 Å². The van der Waals surface area contributed by atoms with E-state index in [4.69, 9.17) is 16.3 Å². The molecule has 0 aliphatic heterocycles. The maximum Gasteiger partial charge on any atom is 0.313 e. The number of nitrogens with zero attached hydrogens (tertiary/aromatic N) is 1. The third-order valence-corrected chi connectivity index (χ3v) is 2.94. The summed E-state index contributed by atoms with van der Waals surface area (Å²) in [6.45, 7) is 1.60. The van der Waals surface area contributed by atoms with Gasteiger partial charge in [-0.1, -0.05) is 29.8 Å². The second-order valence-electron chi connectivity index (χ2n) is 4.19. The zero-order valence-corrected chi connectivity index (χ0v) is 11.4. The molecule has 0 fully saturated rings. The van der Waals surface area contributed by atoms with Gasteiger partial charge in [-0.25, -0.2) is 0 Å². The minimum atomic E-state index is -0.738. The topological polar surface area (TPSA) is 72.6 Å². The van der Waals surface area contributed by atoms with Gasteiger partial charge in [-0.05, 0) is 25.1 Å². The summed E-state index contributed by atoms with van der Waals surface area (Å²) < 4.78 is 5.56. The number of benzene rings is 2. The number of ether oxygens (including phenoxy) is 1. The number of nitro benzene ring substituents is 1. The van der Waals surface area contributed by atoms with Gasteiger partial charge in [-0.3, -0.25) is 10.1 Å². The highest BCUT2D eigenvalue weighted by molar-refractivity contribution is 6.30. The molecule has 0 spiro atoms. The molecule has 20 heavy (non-hydrogen) atoms. The van der Waals surface area contributed by atoms with E-state index in [0.717, 1.165) is 0 Å². The molecule has 2 rings (SSSR count). The summed E-state index contributed by atoms with van der Waals surface area (Å²) in [6, 6.07) is 11.0. The van der Waals surface area contributed by atoms with Crippen molar-refractivity contribution in [3.8, 4) is 11.5 Å². The van der Waals surface area contributed by atoms with Crippen LogP contribution < -0.4 is 4.74 Å². The van der Waals surface area contributed by atoms with E-state index in [1.165, 1.54) is 18.2 Å². The van der Waals surface area contributed by atoms with Crippen LogP contribution in [0.4, 0.5) is 5.69 Å². The molecule has 0 aliphatic carbocycles. The maximum absolute atomic E-state index is 11.0. The van der Waals surface area contributed by atoms with Crippen LogP contribution in [-0.4, -0.2) is 10.0 Å². The van der Waals surface area contributed by atoms with Gasteiger partial charge >= 0.3 is 5.69 Å². The van der Waals surface area contributed by atoms with Crippen LogP contribution in [0.25, 0.3) is 0 Å². The number of halogens is 1. The fraction of sp³-hybridized carbons (Fsp3) is 0.143. The fourth-order valence-electron chi connectivity index (χ4n) is 1.76. The Bertz CT molecular complexity index is 643. The largest absolute Gasteiger partial charge is 0.450 e. The maximum atomic E-state index is 11.0. The average Bonchev–Trinajstić information content (AvgIpc) is 2.41. The summed E-state index contributed by atoms with van der Waals surface area (Å²) in [4.78, 5) is 10.4. The molecule has 0 aromatic heterocycles. The Morgan fingerprint density at radius 3 is 2.60 bits per heavy atom. The van der Waals surface area contributed by atoms with Gasteiger partial charge in [0.1, 0.15) is 5.75 Å². The number of aliphatic hydroxyl groups excluding tert-OH is 1. The zero-order chi connectivity index (χ0) is 14.7. The first-order valence-electron chi connectivity index (χ1n) is 5.88. The van der Waals surface area contributed by atoms with Crippen LogP contribution in [0.1, 0.15) is 18.6 Å². The number of hydrogen-bond donors (Lipinski definition) is 1. The summed E-state index contributed by atoms with van der Waals surface area (Å²) in [5.74, 6) is 0.445. The van der Waals surface area contributed by atoms with Crippen LogP contribution in [0, 0.1) is 10.1 Å². The summed E-state index contributed by atoms with van der Waals surface area (Å²) in [5.41, 5.74) is 0.328. The van der Waals surface area contributed by atoms with Crippen molar-refractivity contribution in [3.63, 3.8) is 0 Å². The lowest BCUT2D eigenvalue weighted by molar-refractivity contribution is -0.385. The summed E-state index contributed by atoms with van der Waals surface area (Å²) in [7, 11) is 0. The Kier molecular flexibility index (Phi) is 4.22. The van der Waals surface area contributed by atoms with Crippen molar-refractivity contribution in [1.29, 1.82) is 0 Å². The summed E-state index contributed by atoms with van der Waals surface area (Å²) in [6.07, 6.45) is -0.738. The highest BCUT2D eigenvalue weighted by atomic mass is 35.5. The molecular weight excluding hydrogens is 282 g/mol. The Hall–Kier alpha value is -2.11. The Labute approximate surface area is 120 Å². The molecule has 0 saturated carbocycles. The molecule has 0 radical (unpaired) electrons. The van der Waals surface area contributed by atoms with Crippen molar-refractivity contribution in [2.24, 2.45) is 0 Å². The molecule has 1 N–H and O–H groups in total. The monoisotopic (exact) mass is 293 g/mol. The molecule has 6 heteroatoms. The van der Waals surface area contributed by atoms with Crippen molar-refractivity contribution in [2.45, 2.75) is 13.0 Å². The Morgan fingerprint density at radius 1 is 1.25 bits per heavy atom. The quantitative estimate of drug-likeness (QED) is 0.680. The van der Waals surface area contributed by atoms with Gasteiger partial charge < -0.3 is 9.84 Å². The first-order valence-corrected chi connectivity index (χ1v) is 6.25. The second-order valence-corrected chi connectivity index (χ2v) is 4.62. The normalized spacial score (nSPS) is 11.9. The van der Waals surface area contributed by atoms with Gasteiger partial charge in [-0.2, -0.15) is 0 Å². The highest BCUT2D eigenvalue weighted by Crippen LogP contribution is 2.36. The SMILES string of the molecule is C[C@@H](O)c1ccccc1Oc1ccc(Cl)cc1[N+](=O)[O-]. The van der Waals surface area contributed by atoms with Crippen molar-refractivity contribution in [2.75, 3.05) is 0 Å². The average molecular weight is 294 g/mol. The van der Waals surface area contributed by atoms with Gasteiger partial charge in [0.15, 0.2) is 0 Å². The molecule has 0 amide bonds. The number of nitro groups is 1. The molecule has 1 atom stereocenters. The molecular formula is C14H12ClNO4. The molecule has 0 heterocycles. The zero-order valence-electron chi connectivity index (χ0n) is 10.6. The van der Waals surface area contributed by atoms with Crippen molar-refractivity contribution < 1.29 is 14.8 Å². The molecule has 0 unspecified atom stereocenters. The van der Waals surface area contributed by atoms with E-state index >= 15 is 0 Å². The van der Waals surface area contributed by atoms with E-state index in [1.54, 1.807) is 31.2 Å². The third-order valence-electron chi connectivity index (χ3n) is 2.71. The third kappa shape index (κ3) is 3.07. The first-order chi connectivity index (χ1) is 9.49. The van der Waals surface area contributed by atoms with Gasteiger partial charge in [-0.15, -0.1) is 0 Å². The number of hydrogen-bond acceptors (Lipinski definition) is 4. The van der Waals surface area contributed by atoms with Crippen molar-refractivity contribution in [1.82, 2.24) is 0 Å². The van der Waals surface area contributed by atoms with Crippen LogP contribution >= 0.6 is 11.6 Å². The number of para-hydroxylation sites is 1. The van der Waals surface area contributed by atoms with Crippen LogP contribution in [0.5, 0.6) is 11.5 Å². The van der Waals surface area contributed by atoms with Crippen LogP contribution in [0.3, 0.4) is 0 Å². The van der Waals surface area contributed by atoms with E-state index in [1.807, 2.05) is 0 Å². The molecule has 0 bridgehead atoms. The lowest BCUT2D eigenvalue weighted by Gasteiger charge is -2.13. The number of rotatable bonds is 4. The Balaban J connectivity index is 2.43. The van der Waals surface area contributed by atoms with E-state index in [-0.39, 0.29) is 16.5 Å². The van der Waals surface area contributed by atoms with E-state index in [2.05, 4.69) is 0 Å². The van der Waals surface area contributed by atoms with E-state index in [9.17, 15) is 15.2 Å². The second kappa shape index (κ2) is 5.90. The van der Waals surface area contributed by atoms with E-state index < -0.39 is 11.0 Å². The minimum absolute atomic E-state index is 0.0764. The van der Waals surface area contributed by atoms with Crippen LogP contribution in [0.2, 0.25) is 5.02 Å². The molecule has 104 valence electrons. The summed E-state index contributed by atoms with van der Waals surface area (Å²) in [5, 5.41) is 20.9. The van der Waals surface area contributed by atoms with Gasteiger partial charge in [0.05, 0.1) is 11.0 Å². The fourth-order valence-corrected chi connectivity index (χ4v) is 1.92. The molecule has 2 aromatic rings. The lowest BCUT2D eigenvalue weighted by Crippen LogP contribution is -1.98. The predicted molar refractivity (Wildman–Crippen MR) is 75.3 cm³/mol. The van der Waals surface area contributed by atoms with E-state index in [0.29, 0.717) is 11.3 Å². The highest BCUT2D eigenvalue weighted by Gasteiger charge is 2.18. The van der Waals surface area contributed by atoms with Crippen LogP contribution in [-0.2, 0) is 0 Å². The molecule has 5 nitrogen and oxygen atoms in total. The molecule has 2 aromatic carbocycles. The van der Waals surface area contributed by atoms with Gasteiger partial charge in [0.2, 0.25) is 5.75 Å². The lowest BCUT2D eigenvalue weighted by atomic mass is 10.1. The molecule has 0 aliphatic rings. The predicted octanol–water partition coefficient (Wildman–Crippen LogP) is 4.09. The van der Waals surface area contributed by atoms with Crippen LogP contribution in [0.15, 0.2) is 42.5 Å². The first kappa shape index (κ1) is 14.3. The smallest absolute Gasteiger partial charge is 0.313 e. The molecule has 0 saturated heterocycles.